The van der Waals surface area contributed by atoms with Gasteiger partial charge in [-0.15, -0.1) is 0 Å². The SMILES string of the molecule is c1ccc2c(c1)c1ccccc1c1cc3c(cc21)CCCC3. The Morgan fingerprint density at radius 2 is 0.818 bits per heavy atom. The van der Waals surface area contributed by atoms with E-state index in [2.05, 4.69) is 60.7 Å². The van der Waals surface area contributed by atoms with Gasteiger partial charge in [0, 0.05) is 0 Å². The molecule has 0 atom stereocenters. The third kappa shape index (κ3) is 1.64. The number of benzene rings is 4. The highest BCUT2D eigenvalue weighted by Gasteiger charge is 2.14. The van der Waals surface area contributed by atoms with Crippen molar-refractivity contribution in [1.29, 1.82) is 0 Å². The van der Waals surface area contributed by atoms with E-state index in [1.165, 1.54) is 58.0 Å². The highest BCUT2D eigenvalue weighted by Crippen LogP contribution is 2.37. The lowest BCUT2D eigenvalue weighted by Crippen LogP contribution is -2.02. The van der Waals surface area contributed by atoms with Gasteiger partial charge in [-0.2, -0.15) is 0 Å². The zero-order valence-electron chi connectivity index (χ0n) is 12.6. The van der Waals surface area contributed by atoms with Crippen LogP contribution in [0.2, 0.25) is 0 Å². The average molecular weight is 282 g/mol. The standard InChI is InChI=1S/C22H18/c1-2-8-16-14-22-20-12-6-4-10-18(20)17-9-3-5-11-19(17)21(22)13-15(16)7-1/h3-6,9-14H,1-2,7-8H2. The van der Waals surface area contributed by atoms with E-state index in [9.17, 15) is 0 Å². The maximum absolute atomic E-state index is 2.47. The predicted octanol–water partition coefficient (Wildman–Crippen LogP) is 6.03. The predicted molar refractivity (Wildman–Crippen MR) is 95.6 cm³/mol. The van der Waals surface area contributed by atoms with E-state index in [4.69, 9.17) is 0 Å². The first-order valence-electron chi connectivity index (χ1n) is 8.27. The Bertz CT molecular complexity index is 940. The Kier molecular flexibility index (Phi) is 2.54. The molecule has 0 saturated carbocycles. The first-order chi connectivity index (χ1) is 10.9. The van der Waals surface area contributed by atoms with Gasteiger partial charge in [0.2, 0.25) is 0 Å². The molecule has 4 aromatic rings. The summed E-state index contributed by atoms with van der Waals surface area (Å²) in [6.07, 6.45) is 5.16. The molecular weight excluding hydrogens is 264 g/mol. The Morgan fingerprint density at radius 3 is 1.23 bits per heavy atom. The molecular formula is C22H18. The van der Waals surface area contributed by atoms with Gasteiger partial charge >= 0.3 is 0 Å². The molecule has 0 aromatic heterocycles. The molecule has 1 aliphatic rings. The molecule has 0 heterocycles. The van der Waals surface area contributed by atoms with Crippen LogP contribution in [0.1, 0.15) is 24.0 Å². The highest BCUT2D eigenvalue weighted by atomic mass is 14.2. The largest absolute Gasteiger partial charge is 0.0616 e. The fourth-order valence-corrected chi connectivity index (χ4v) is 4.14. The van der Waals surface area contributed by atoms with E-state index in [0.29, 0.717) is 0 Å². The maximum Gasteiger partial charge on any atom is -0.00960 e. The molecule has 106 valence electrons. The Balaban J connectivity index is 2.06. The van der Waals surface area contributed by atoms with Crippen LogP contribution in [0.15, 0.2) is 60.7 Å². The van der Waals surface area contributed by atoms with E-state index in [-0.39, 0.29) is 0 Å². The minimum atomic E-state index is 1.24. The van der Waals surface area contributed by atoms with Crippen LogP contribution >= 0.6 is 0 Å². The second kappa shape index (κ2) is 4.58. The molecule has 0 unspecified atom stereocenters. The first-order valence-corrected chi connectivity index (χ1v) is 8.27. The number of fused-ring (bicyclic) bond motifs is 7. The zero-order chi connectivity index (χ0) is 14.5. The number of hydrogen-bond donors (Lipinski definition) is 0. The van der Waals surface area contributed by atoms with Crippen molar-refractivity contribution in [3.63, 3.8) is 0 Å². The van der Waals surface area contributed by atoms with Gasteiger partial charge in [-0.1, -0.05) is 60.7 Å². The van der Waals surface area contributed by atoms with Crippen molar-refractivity contribution in [1.82, 2.24) is 0 Å². The number of rotatable bonds is 0. The van der Waals surface area contributed by atoms with Gasteiger partial charge in [-0.05, 0) is 69.1 Å². The highest BCUT2D eigenvalue weighted by molar-refractivity contribution is 6.25. The summed E-state index contributed by atoms with van der Waals surface area (Å²) < 4.78 is 0. The quantitative estimate of drug-likeness (QED) is 0.346. The van der Waals surface area contributed by atoms with Crippen LogP contribution in [-0.4, -0.2) is 0 Å². The van der Waals surface area contributed by atoms with Crippen molar-refractivity contribution < 1.29 is 0 Å². The van der Waals surface area contributed by atoms with E-state index < -0.39 is 0 Å². The summed E-state index contributed by atoms with van der Waals surface area (Å²) in [4.78, 5) is 0. The minimum absolute atomic E-state index is 1.24. The normalized spacial score (nSPS) is 14.5. The van der Waals surface area contributed by atoms with Gasteiger partial charge in [0.05, 0.1) is 0 Å². The average Bonchev–Trinajstić information content (AvgIpc) is 2.61. The van der Waals surface area contributed by atoms with Crippen molar-refractivity contribution in [3.05, 3.63) is 71.8 Å². The van der Waals surface area contributed by atoms with Gasteiger partial charge in [-0.25, -0.2) is 0 Å². The van der Waals surface area contributed by atoms with Crippen LogP contribution < -0.4 is 0 Å². The Labute approximate surface area is 130 Å². The summed E-state index contributed by atoms with van der Waals surface area (Å²) in [5, 5.41) is 8.39. The van der Waals surface area contributed by atoms with E-state index in [1.54, 1.807) is 11.1 Å². The van der Waals surface area contributed by atoms with Crippen LogP contribution in [-0.2, 0) is 12.8 Å². The number of aryl methyl sites for hydroxylation is 2. The zero-order valence-corrected chi connectivity index (χ0v) is 12.6. The van der Waals surface area contributed by atoms with Gasteiger partial charge in [0.1, 0.15) is 0 Å². The lowest BCUT2D eigenvalue weighted by atomic mass is 9.86. The van der Waals surface area contributed by atoms with Gasteiger partial charge < -0.3 is 0 Å². The molecule has 0 heteroatoms. The van der Waals surface area contributed by atoms with Crippen LogP contribution in [0.4, 0.5) is 0 Å². The maximum atomic E-state index is 2.47. The summed E-state index contributed by atoms with van der Waals surface area (Å²) >= 11 is 0. The summed E-state index contributed by atoms with van der Waals surface area (Å²) in [5.41, 5.74) is 3.14. The second-order valence-corrected chi connectivity index (χ2v) is 6.46. The molecule has 0 bridgehead atoms. The number of hydrogen-bond acceptors (Lipinski definition) is 0. The fourth-order valence-electron chi connectivity index (χ4n) is 4.14. The topological polar surface area (TPSA) is 0 Å². The van der Waals surface area contributed by atoms with Crippen LogP contribution in [0.3, 0.4) is 0 Å². The molecule has 0 aliphatic heterocycles. The van der Waals surface area contributed by atoms with Crippen molar-refractivity contribution in [2.45, 2.75) is 25.7 Å². The molecule has 22 heavy (non-hydrogen) atoms. The molecule has 0 radical (unpaired) electrons. The summed E-state index contributed by atoms with van der Waals surface area (Å²) in [7, 11) is 0. The lowest BCUT2D eigenvalue weighted by molar-refractivity contribution is 0.687. The monoisotopic (exact) mass is 282 g/mol. The summed E-state index contributed by atoms with van der Waals surface area (Å²) in [6, 6.07) is 22.6. The Morgan fingerprint density at radius 1 is 0.455 bits per heavy atom. The Hall–Kier alpha value is -2.34. The van der Waals surface area contributed by atoms with Crippen molar-refractivity contribution in [2.24, 2.45) is 0 Å². The third-order valence-electron chi connectivity index (χ3n) is 5.21. The third-order valence-corrected chi connectivity index (χ3v) is 5.21. The van der Waals surface area contributed by atoms with E-state index in [0.717, 1.165) is 0 Å². The van der Waals surface area contributed by atoms with E-state index in [1.807, 2.05) is 0 Å². The van der Waals surface area contributed by atoms with Crippen LogP contribution in [0.5, 0.6) is 0 Å². The van der Waals surface area contributed by atoms with Crippen LogP contribution in [0.25, 0.3) is 32.3 Å². The van der Waals surface area contributed by atoms with E-state index >= 15 is 0 Å². The fraction of sp³-hybridized carbons (Fsp3) is 0.182. The van der Waals surface area contributed by atoms with Gasteiger partial charge in [0.25, 0.3) is 0 Å². The first kappa shape index (κ1) is 12.2. The molecule has 0 fully saturated rings. The van der Waals surface area contributed by atoms with Gasteiger partial charge in [-0.3, -0.25) is 0 Å². The van der Waals surface area contributed by atoms with Crippen molar-refractivity contribution in [2.75, 3.05) is 0 Å². The molecule has 0 saturated heterocycles. The van der Waals surface area contributed by atoms with Crippen molar-refractivity contribution >= 4 is 32.3 Å². The summed E-state index contributed by atoms with van der Waals surface area (Å²) in [5.74, 6) is 0. The molecule has 0 N–H and O–H groups in total. The minimum Gasteiger partial charge on any atom is -0.0616 e. The second-order valence-electron chi connectivity index (χ2n) is 6.46. The molecule has 4 aromatic carbocycles. The lowest BCUT2D eigenvalue weighted by Gasteiger charge is -2.18. The molecule has 0 amide bonds. The van der Waals surface area contributed by atoms with Crippen molar-refractivity contribution in [3.8, 4) is 0 Å². The molecule has 0 nitrogen and oxygen atoms in total. The molecule has 1 aliphatic carbocycles. The summed E-state index contributed by atoms with van der Waals surface area (Å²) in [6.45, 7) is 0. The van der Waals surface area contributed by atoms with Crippen LogP contribution in [0, 0.1) is 0 Å². The molecule has 0 spiro atoms. The smallest absolute Gasteiger partial charge is 0.00960 e. The molecule has 5 rings (SSSR count). The van der Waals surface area contributed by atoms with Gasteiger partial charge in [0.15, 0.2) is 0 Å².